The van der Waals surface area contributed by atoms with Gasteiger partial charge >= 0.3 is 12.4 Å². The van der Waals surface area contributed by atoms with Crippen molar-refractivity contribution >= 4 is 11.7 Å². The fourth-order valence-corrected chi connectivity index (χ4v) is 3.41. The van der Waals surface area contributed by atoms with Gasteiger partial charge < -0.3 is 19.3 Å². The largest absolute Gasteiger partial charge is 0.573 e. The van der Waals surface area contributed by atoms with Gasteiger partial charge in [-0.15, -0.1) is 18.3 Å². The summed E-state index contributed by atoms with van der Waals surface area (Å²) in [5.41, 5.74) is 1.94. The number of alkyl halides is 3. The molecule has 4 rings (SSSR count). The van der Waals surface area contributed by atoms with Gasteiger partial charge in [-0.05, 0) is 48.5 Å². The van der Waals surface area contributed by atoms with Crippen LogP contribution in [0, 0.1) is 0 Å². The van der Waals surface area contributed by atoms with Crippen LogP contribution >= 0.6 is 0 Å². The van der Waals surface area contributed by atoms with Gasteiger partial charge in [0.25, 0.3) is 0 Å². The van der Waals surface area contributed by atoms with E-state index in [0.717, 1.165) is 16.1 Å². The molecule has 8 nitrogen and oxygen atoms in total. The number of methoxy groups -OCH3 is 1. The Balaban J connectivity index is 1.36. The zero-order chi connectivity index (χ0) is 22.7. The average molecular weight is 447 g/mol. The molecule has 0 bridgehead atoms. The van der Waals surface area contributed by atoms with Crippen molar-refractivity contribution in [2.75, 3.05) is 38.2 Å². The molecule has 2 heterocycles. The SMILES string of the molecule is COc1ccc(N2CCN(C(=O)n3cc(-c4ccc(OC(F)(F)F)cc4)nn3)CC2)cc1. The Bertz CT molecular complexity index is 1060. The number of ether oxygens (including phenoxy) is 2. The minimum absolute atomic E-state index is 0.310. The van der Waals surface area contributed by atoms with E-state index in [1.807, 2.05) is 24.3 Å². The fraction of sp³-hybridized carbons (Fsp3) is 0.286. The van der Waals surface area contributed by atoms with Gasteiger partial charge in [0.2, 0.25) is 0 Å². The molecule has 11 heteroatoms. The molecule has 0 atom stereocenters. The van der Waals surface area contributed by atoms with Crippen molar-refractivity contribution in [3.05, 3.63) is 54.7 Å². The van der Waals surface area contributed by atoms with Crippen LogP contribution in [-0.4, -0.2) is 65.6 Å². The van der Waals surface area contributed by atoms with Gasteiger partial charge in [-0.1, -0.05) is 5.21 Å². The molecule has 2 aromatic carbocycles. The van der Waals surface area contributed by atoms with Crippen molar-refractivity contribution in [1.82, 2.24) is 19.9 Å². The molecule has 1 fully saturated rings. The Morgan fingerprint density at radius 3 is 2.16 bits per heavy atom. The summed E-state index contributed by atoms with van der Waals surface area (Å²) in [4.78, 5) is 16.6. The third-order valence-corrected chi connectivity index (χ3v) is 5.06. The summed E-state index contributed by atoms with van der Waals surface area (Å²) in [6.07, 6.45) is -3.30. The van der Waals surface area contributed by atoms with Gasteiger partial charge in [-0.2, -0.15) is 4.68 Å². The number of piperazine rings is 1. The number of benzene rings is 2. The summed E-state index contributed by atoms with van der Waals surface area (Å²) in [7, 11) is 1.62. The van der Waals surface area contributed by atoms with Crippen LogP contribution in [0.25, 0.3) is 11.3 Å². The van der Waals surface area contributed by atoms with E-state index in [1.54, 1.807) is 12.0 Å². The highest BCUT2D eigenvalue weighted by molar-refractivity contribution is 5.77. The smallest absolute Gasteiger partial charge is 0.497 e. The van der Waals surface area contributed by atoms with Crippen molar-refractivity contribution < 1.29 is 27.4 Å². The molecule has 1 amide bonds. The second kappa shape index (κ2) is 8.77. The Hall–Kier alpha value is -3.76. The Morgan fingerprint density at radius 1 is 0.938 bits per heavy atom. The molecular weight excluding hydrogens is 427 g/mol. The molecule has 3 aromatic rings. The number of carbonyl (C=O) groups is 1. The number of hydrogen-bond acceptors (Lipinski definition) is 6. The van der Waals surface area contributed by atoms with E-state index in [-0.39, 0.29) is 11.8 Å². The third-order valence-electron chi connectivity index (χ3n) is 5.06. The van der Waals surface area contributed by atoms with E-state index in [0.29, 0.717) is 37.4 Å². The molecule has 0 radical (unpaired) electrons. The molecule has 0 unspecified atom stereocenters. The maximum Gasteiger partial charge on any atom is 0.573 e. The second-order valence-corrected chi connectivity index (χ2v) is 7.08. The third kappa shape index (κ3) is 4.93. The Kier molecular flexibility index (Phi) is 5.89. The fourth-order valence-electron chi connectivity index (χ4n) is 3.41. The van der Waals surface area contributed by atoms with Crippen LogP contribution in [0.2, 0.25) is 0 Å². The van der Waals surface area contributed by atoms with E-state index in [9.17, 15) is 18.0 Å². The van der Waals surface area contributed by atoms with Gasteiger partial charge in [0.15, 0.2) is 0 Å². The second-order valence-electron chi connectivity index (χ2n) is 7.08. The van der Waals surface area contributed by atoms with Crippen LogP contribution in [-0.2, 0) is 0 Å². The zero-order valence-electron chi connectivity index (χ0n) is 17.1. The molecule has 1 aliphatic rings. The highest BCUT2D eigenvalue weighted by Crippen LogP contribution is 2.26. The van der Waals surface area contributed by atoms with E-state index in [2.05, 4.69) is 19.9 Å². The minimum atomic E-state index is -4.76. The molecule has 32 heavy (non-hydrogen) atoms. The molecule has 1 aromatic heterocycles. The summed E-state index contributed by atoms with van der Waals surface area (Å²) in [6, 6.07) is 12.6. The number of rotatable bonds is 4. The summed E-state index contributed by atoms with van der Waals surface area (Å²) < 4.78 is 47.0. The van der Waals surface area contributed by atoms with Crippen LogP contribution in [0.4, 0.5) is 23.7 Å². The summed E-state index contributed by atoms with van der Waals surface area (Å²) in [6.45, 7) is 2.37. The van der Waals surface area contributed by atoms with Crippen molar-refractivity contribution in [3.8, 4) is 22.8 Å². The summed E-state index contributed by atoms with van der Waals surface area (Å²) in [5, 5.41) is 7.85. The number of halogens is 3. The highest BCUT2D eigenvalue weighted by atomic mass is 19.4. The van der Waals surface area contributed by atoms with Gasteiger partial charge in [0.1, 0.15) is 17.2 Å². The normalized spacial score (nSPS) is 14.4. The Labute approximate surface area is 181 Å². The number of carbonyl (C=O) groups excluding carboxylic acids is 1. The first-order chi connectivity index (χ1) is 15.3. The van der Waals surface area contributed by atoms with Gasteiger partial charge in [0, 0.05) is 37.4 Å². The molecule has 0 saturated carbocycles. The molecule has 0 spiro atoms. The van der Waals surface area contributed by atoms with E-state index in [4.69, 9.17) is 4.74 Å². The lowest BCUT2D eigenvalue weighted by molar-refractivity contribution is -0.274. The number of anilines is 1. The number of aromatic nitrogens is 3. The maximum atomic E-state index is 12.8. The first kappa shape index (κ1) is 21.5. The number of amides is 1. The summed E-state index contributed by atoms with van der Waals surface area (Å²) >= 11 is 0. The van der Waals surface area contributed by atoms with Gasteiger partial charge in [0.05, 0.1) is 13.3 Å². The number of hydrogen-bond donors (Lipinski definition) is 0. The first-order valence-electron chi connectivity index (χ1n) is 9.79. The van der Waals surface area contributed by atoms with Crippen LogP contribution in [0.15, 0.2) is 54.7 Å². The van der Waals surface area contributed by atoms with Crippen molar-refractivity contribution in [2.45, 2.75) is 6.36 Å². The quantitative estimate of drug-likeness (QED) is 0.608. The first-order valence-corrected chi connectivity index (χ1v) is 9.79. The van der Waals surface area contributed by atoms with Crippen LogP contribution < -0.4 is 14.4 Å². The lowest BCUT2D eigenvalue weighted by atomic mass is 10.2. The van der Waals surface area contributed by atoms with E-state index >= 15 is 0 Å². The number of nitrogens with zero attached hydrogens (tertiary/aromatic N) is 5. The zero-order valence-corrected chi connectivity index (χ0v) is 17.1. The lowest BCUT2D eigenvalue weighted by Crippen LogP contribution is -2.50. The van der Waals surface area contributed by atoms with Crippen LogP contribution in [0.3, 0.4) is 0 Å². The van der Waals surface area contributed by atoms with Gasteiger partial charge in [-0.3, -0.25) is 0 Å². The van der Waals surface area contributed by atoms with E-state index in [1.165, 1.54) is 30.5 Å². The predicted molar refractivity (Wildman–Crippen MR) is 110 cm³/mol. The standard InChI is InChI=1S/C21H20F3N5O3/c1-31-17-8-4-16(5-9-17)27-10-12-28(13-11-27)20(30)29-14-19(25-26-29)15-2-6-18(7-3-15)32-21(22,23)24/h2-9,14H,10-13H2,1H3. The molecule has 168 valence electrons. The average Bonchev–Trinajstić information content (AvgIpc) is 3.28. The predicted octanol–water partition coefficient (Wildman–Crippen LogP) is 3.64. The highest BCUT2D eigenvalue weighted by Gasteiger charge is 2.31. The van der Waals surface area contributed by atoms with Gasteiger partial charge in [-0.25, -0.2) is 4.79 Å². The molecule has 0 N–H and O–H groups in total. The maximum absolute atomic E-state index is 12.8. The monoisotopic (exact) mass is 447 g/mol. The summed E-state index contributed by atoms with van der Waals surface area (Å²) in [5.74, 6) is 0.450. The van der Waals surface area contributed by atoms with Crippen molar-refractivity contribution in [1.29, 1.82) is 0 Å². The Morgan fingerprint density at radius 2 is 1.56 bits per heavy atom. The topological polar surface area (TPSA) is 72.7 Å². The molecule has 1 aliphatic heterocycles. The van der Waals surface area contributed by atoms with Crippen LogP contribution in [0.1, 0.15) is 0 Å². The van der Waals surface area contributed by atoms with Crippen molar-refractivity contribution in [3.63, 3.8) is 0 Å². The lowest BCUT2D eigenvalue weighted by Gasteiger charge is -2.35. The minimum Gasteiger partial charge on any atom is -0.497 e. The molecule has 1 saturated heterocycles. The molecular formula is C21H20F3N5O3. The van der Waals surface area contributed by atoms with Crippen LogP contribution in [0.5, 0.6) is 11.5 Å². The van der Waals surface area contributed by atoms with E-state index < -0.39 is 6.36 Å². The van der Waals surface area contributed by atoms with Crippen molar-refractivity contribution in [2.24, 2.45) is 0 Å². The molecule has 0 aliphatic carbocycles.